The number of carbonyl (C=O) groups is 1. The van der Waals surface area contributed by atoms with E-state index in [4.69, 9.17) is 25.8 Å². The third-order valence-electron chi connectivity index (χ3n) is 12.1. The number of sulfonamides is 1. The number of benzene rings is 3. The van der Waals surface area contributed by atoms with E-state index in [-0.39, 0.29) is 47.1 Å². The molecule has 15 nitrogen and oxygen atoms in total. The first-order chi connectivity index (χ1) is 30.1. The first-order valence-corrected chi connectivity index (χ1v) is 23.0. The van der Waals surface area contributed by atoms with Gasteiger partial charge in [0.2, 0.25) is 0 Å². The number of allylic oxidation sites excluding steroid dienone is 1. The van der Waals surface area contributed by atoms with Crippen LogP contribution >= 0.6 is 11.6 Å². The maximum atomic E-state index is 14.0. The number of fused-ring (bicyclic) bond motifs is 1. The molecule has 0 bridgehead atoms. The Bertz CT molecular complexity index is 2630. The second-order valence-corrected chi connectivity index (χ2v) is 19.5. The fourth-order valence-corrected chi connectivity index (χ4v) is 9.85. The minimum absolute atomic E-state index is 0.0550. The number of halogens is 1. The van der Waals surface area contributed by atoms with E-state index < -0.39 is 31.4 Å². The number of hydrogen-bond acceptors (Lipinski definition) is 12. The van der Waals surface area contributed by atoms with Crippen molar-refractivity contribution in [2.24, 2.45) is 5.41 Å². The molecule has 332 valence electrons. The molecule has 3 N–H and O–H groups in total. The smallest absolute Gasteiger partial charge is 0.293 e. The normalized spacial score (nSPS) is 20.7. The van der Waals surface area contributed by atoms with Crippen LogP contribution in [0.25, 0.3) is 16.6 Å². The topological polar surface area (TPSA) is 181 Å². The Labute approximate surface area is 372 Å². The summed E-state index contributed by atoms with van der Waals surface area (Å²) in [6, 6.07) is 20.6. The summed E-state index contributed by atoms with van der Waals surface area (Å²) in [6.45, 7) is 12.8. The number of ether oxygens (including phenoxy) is 3. The molecule has 5 aromatic rings. The molecule has 3 aliphatic rings. The van der Waals surface area contributed by atoms with Gasteiger partial charge in [-0.05, 0) is 98.2 Å². The number of rotatable bonds is 13. The fourth-order valence-electron chi connectivity index (χ4n) is 8.74. The number of anilines is 2. The molecule has 2 saturated heterocycles. The summed E-state index contributed by atoms with van der Waals surface area (Å²) in [6.07, 6.45) is 6.10. The predicted octanol–water partition coefficient (Wildman–Crippen LogP) is 8.43. The highest BCUT2D eigenvalue weighted by atomic mass is 35.5. The summed E-state index contributed by atoms with van der Waals surface area (Å²) >= 11 is 6.27. The number of nitrogens with zero attached hydrogens (tertiary/aromatic N) is 4. The summed E-state index contributed by atoms with van der Waals surface area (Å²) in [5, 5.41) is 16.5. The van der Waals surface area contributed by atoms with Gasteiger partial charge < -0.3 is 29.4 Å². The molecule has 4 heterocycles. The van der Waals surface area contributed by atoms with Gasteiger partial charge in [0.1, 0.15) is 22.8 Å². The van der Waals surface area contributed by atoms with E-state index in [9.17, 15) is 23.3 Å². The molecule has 3 aromatic carbocycles. The Morgan fingerprint density at radius 1 is 1.05 bits per heavy atom. The van der Waals surface area contributed by atoms with Crippen molar-refractivity contribution < 1.29 is 32.3 Å². The van der Waals surface area contributed by atoms with Gasteiger partial charge in [-0.25, -0.2) is 18.1 Å². The van der Waals surface area contributed by atoms with E-state index in [1.807, 2.05) is 18.2 Å². The van der Waals surface area contributed by atoms with Crippen LogP contribution in [0.3, 0.4) is 0 Å². The van der Waals surface area contributed by atoms with Gasteiger partial charge in [0.25, 0.3) is 21.6 Å². The average molecular weight is 898 g/mol. The summed E-state index contributed by atoms with van der Waals surface area (Å²) < 4.78 is 46.9. The summed E-state index contributed by atoms with van der Waals surface area (Å²) in [5.41, 5.74) is 5.30. The lowest BCUT2D eigenvalue weighted by molar-refractivity contribution is -0.384. The van der Waals surface area contributed by atoms with Crippen LogP contribution in [0, 0.1) is 15.5 Å². The van der Waals surface area contributed by atoms with Gasteiger partial charge in [-0.3, -0.25) is 19.8 Å². The summed E-state index contributed by atoms with van der Waals surface area (Å²) in [7, 11) is -4.59. The molecule has 8 rings (SSSR count). The Kier molecular flexibility index (Phi) is 12.8. The molecule has 2 aromatic heterocycles. The number of amides is 1. The lowest BCUT2D eigenvalue weighted by Crippen LogP contribution is -2.57. The number of nitro groups is 1. The molecular formula is C46H52ClN7O8S. The highest BCUT2D eigenvalue weighted by Gasteiger charge is 2.34. The van der Waals surface area contributed by atoms with Crippen molar-refractivity contribution in [3.8, 4) is 11.5 Å². The minimum Gasteiger partial charge on any atom is -0.455 e. The zero-order valence-electron chi connectivity index (χ0n) is 35.7. The van der Waals surface area contributed by atoms with E-state index in [0.717, 1.165) is 48.0 Å². The Morgan fingerprint density at radius 3 is 2.56 bits per heavy atom. The fraction of sp³-hybridized carbons (Fsp3) is 0.391. The van der Waals surface area contributed by atoms with Gasteiger partial charge in [-0.2, -0.15) is 0 Å². The van der Waals surface area contributed by atoms with Crippen LogP contribution in [0.2, 0.25) is 5.02 Å². The number of piperazine rings is 1. The zero-order valence-corrected chi connectivity index (χ0v) is 37.3. The Hall–Kier alpha value is -5.52. The highest BCUT2D eigenvalue weighted by Crippen LogP contribution is 2.44. The van der Waals surface area contributed by atoms with Gasteiger partial charge in [-0.1, -0.05) is 43.2 Å². The van der Waals surface area contributed by atoms with Crippen molar-refractivity contribution in [3.05, 3.63) is 117 Å². The SMILES string of the molecule is C[C@@H]1CN(c2ccc(C(=O)NS(=O)(=O)c3ccc(NCC4COCCO4)c([N+](=O)[O-])c3)c(Oc3cnc4[nH]ccc4c3)c2)C[C@@H](C)N1CC1=C(c2ccc(Cl)cc2)CC(C)(C)CC1. The van der Waals surface area contributed by atoms with Crippen molar-refractivity contribution in [3.63, 3.8) is 0 Å². The number of hydrogen-bond donors (Lipinski definition) is 3. The molecule has 0 spiro atoms. The maximum Gasteiger partial charge on any atom is 0.293 e. The molecule has 1 aliphatic carbocycles. The average Bonchev–Trinajstić information content (AvgIpc) is 3.73. The third kappa shape index (κ3) is 10.2. The lowest BCUT2D eigenvalue weighted by Gasteiger charge is -2.47. The number of nitrogens with one attached hydrogen (secondary N) is 3. The van der Waals surface area contributed by atoms with Crippen LogP contribution in [0.4, 0.5) is 17.1 Å². The molecule has 2 aliphatic heterocycles. The van der Waals surface area contributed by atoms with E-state index in [1.54, 1.807) is 30.5 Å². The quantitative estimate of drug-likeness (QED) is 0.0760. The number of carbonyl (C=O) groups excluding carboxylic acids is 1. The van der Waals surface area contributed by atoms with E-state index >= 15 is 0 Å². The number of aromatic amines is 1. The predicted molar refractivity (Wildman–Crippen MR) is 243 cm³/mol. The number of aromatic nitrogens is 2. The highest BCUT2D eigenvalue weighted by molar-refractivity contribution is 7.90. The third-order valence-corrected chi connectivity index (χ3v) is 13.7. The van der Waals surface area contributed by atoms with Gasteiger partial charge >= 0.3 is 0 Å². The van der Waals surface area contributed by atoms with Crippen LogP contribution in [0.5, 0.6) is 11.5 Å². The molecule has 1 amide bonds. The minimum atomic E-state index is -4.59. The van der Waals surface area contributed by atoms with Crippen molar-refractivity contribution in [1.82, 2.24) is 19.6 Å². The standard InChI is InChI=1S/C46H52ClN7O8S/c1-29-25-52(26-30(2)53(29)27-33-13-15-46(3,4)22-40(33)31-5-7-34(47)8-6-31)35-9-11-39(43(20-35)62-36-19-32-14-16-48-44(32)50-23-36)45(55)51-63(58,59)38-10-12-41(42(21-38)54(56)57)49-24-37-28-60-17-18-61-37/h5-12,14,16,19-21,23,29-30,37,49H,13,15,17-18,22,24-28H2,1-4H3,(H,48,50)(H,51,55)/t29-,30-,37?/m1/s1. The van der Waals surface area contributed by atoms with E-state index in [2.05, 4.69) is 69.6 Å². The van der Waals surface area contributed by atoms with Crippen LogP contribution in [0.1, 0.15) is 62.9 Å². The van der Waals surface area contributed by atoms with Crippen LogP contribution < -0.4 is 19.7 Å². The first-order valence-electron chi connectivity index (χ1n) is 21.1. The number of H-pyrrole nitrogens is 1. The largest absolute Gasteiger partial charge is 0.455 e. The summed E-state index contributed by atoms with van der Waals surface area (Å²) in [5.74, 6) is -0.521. The Morgan fingerprint density at radius 2 is 1.83 bits per heavy atom. The second-order valence-electron chi connectivity index (χ2n) is 17.4. The lowest BCUT2D eigenvalue weighted by atomic mass is 9.72. The van der Waals surface area contributed by atoms with Crippen LogP contribution in [-0.2, 0) is 19.5 Å². The molecule has 17 heteroatoms. The van der Waals surface area contributed by atoms with Crippen molar-refractivity contribution in [1.29, 1.82) is 0 Å². The van der Waals surface area contributed by atoms with E-state index in [1.165, 1.54) is 35.0 Å². The van der Waals surface area contributed by atoms with Gasteiger partial charge in [0.15, 0.2) is 0 Å². The molecule has 2 fully saturated rings. The van der Waals surface area contributed by atoms with Gasteiger partial charge in [0.05, 0.1) is 47.5 Å². The van der Waals surface area contributed by atoms with Gasteiger partial charge in [-0.15, -0.1) is 0 Å². The molecule has 0 saturated carbocycles. The monoisotopic (exact) mass is 897 g/mol. The Balaban J connectivity index is 1.04. The molecule has 0 radical (unpaired) electrons. The molecule has 1 unspecified atom stereocenters. The van der Waals surface area contributed by atoms with Crippen LogP contribution in [-0.4, -0.2) is 98.3 Å². The molecule has 3 atom stereocenters. The van der Waals surface area contributed by atoms with Crippen LogP contribution in [0.15, 0.2) is 95.7 Å². The molecular weight excluding hydrogens is 846 g/mol. The first kappa shape index (κ1) is 44.1. The van der Waals surface area contributed by atoms with Crippen molar-refractivity contribution >= 4 is 61.2 Å². The second kappa shape index (κ2) is 18.3. The van der Waals surface area contributed by atoms with Crippen molar-refractivity contribution in [2.45, 2.75) is 70.0 Å². The molecule has 63 heavy (non-hydrogen) atoms. The number of nitro benzene ring substituents is 1. The zero-order chi connectivity index (χ0) is 44.5. The number of pyridine rings is 1. The van der Waals surface area contributed by atoms with Crippen molar-refractivity contribution in [2.75, 3.05) is 56.2 Å². The maximum absolute atomic E-state index is 14.0. The summed E-state index contributed by atoms with van der Waals surface area (Å²) in [4.78, 5) is 37.2. The van der Waals surface area contributed by atoms with E-state index in [0.29, 0.717) is 44.3 Å². The van der Waals surface area contributed by atoms with Gasteiger partial charge in [0, 0.05) is 72.7 Å².